The molecule has 1 fully saturated rings. The third-order valence-corrected chi connectivity index (χ3v) is 3.10. The first-order valence-electron chi connectivity index (χ1n) is 4.86. The fourth-order valence-corrected chi connectivity index (χ4v) is 2.05. The maximum absolute atomic E-state index is 5.73. The second kappa shape index (κ2) is 4.31. The van der Waals surface area contributed by atoms with E-state index >= 15 is 0 Å². The minimum atomic E-state index is -0.540. The smallest absolute Gasteiger partial charge is 0.185 e. The molecule has 0 aromatic heterocycles. The van der Waals surface area contributed by atoms with Crippen molar-refractivity contribution >= 4 is 0 Å². The average Bonchev–Trinajstić information content (AvgIpc) is 2.51. The lowest BCUT2D eigenvalue weighted by atomic mass is 9.86. The first kappa shape index (κ1) is 11.5. The summed E-state index contributed by atoms with van der Waals surface area (Å²) in [5, 5.41) is 0. The van der Waals surface area contributed by atoms with Crippen LogP contribution < -0.4 is 0 Å². The first-order valence-corrected chi connectivity index (χ1v) is 4.86. The molecule has 1 aliphatic heterocycles. The van der Waals surface area contributed by atoms with Gasteiger partial charge in [-0.15, -0.1) is 6.42 Å². The van der Waals surface area contributed by atoms with Crippen molar-refractivity contribution in [3.8, 4) is 12.3 Å². The van der Waals surface area contributed by atoms with Crippen molar-refractivity contribution in [1.82, 2.24) is 0 Å². The van der Waals surface area contributed by atoms with Gasteiger partial charge in [0.25, 0.3) is 0 Å². The summed E-state index contributed by atoms with van der Waals surface area (Å²) in [5.41, 5.74) is -0.540. The van der Waals surface area contributed by atoms with Gasteiger partial charge in [0.2, 0.25) is 0 Å². The van der Waals surface area contributed by atoms with Crippen LogP contribution in [0.15, 0.2) is 0 Å². The van der Waals surface area contributed by atoms with Crippen LogP contribution in [-0.4, -0.2) is 32.2 Å². The Morgan fingerprint density at radius 3 is 2.36 bits per heavy atom. The highest BCUT2D eigenvalue weighted by Gasteiger charge is 2.51. The van der Waals surface area contributed by atoms with E-state index in [-0.39, 0.29) is 18.3 Å². The summed E-state index contributed by atoms with van der Waals surface area (Å²) in [6.07, 6.45) is 5.84. The molecule has 0 spiro atoms. The molecule has 80 valence electrons. The van der Waals surface area contributed by atoms with Crippen molar-refractivity contribution < 1.29 is 14.2 Å². The van der Waals surface area contributed by atoms with Gasteiger partial charge in [-0.05, 0) is 6.42 Å². The molecule has 14 heavy (non-hydrogen) atoms. The van der Waals surface area contributed by atoms with Crippen molar-refractivity contribution in [3.05, 3.63) is 0 Å². The molecule has 0 aromatic carbocycles. The van der Waals surface area contributed by atoms with Gasteiger partial charge < -0.3 is 14.2 Å². The second-order valence-corrected chi connectivity index (χ2v) is 3.60. The Bertz CT molecular complexity index is 233. The van der Waals surface area contributed by atoms with Gasteiger partial charge in [0.05, 0.1) is 0 Å². The number of hydrogen-bond donors (Lipinski definition) is 0. The lowest BCUT2D eigenvalue weighted by Crippen LogP contribution is -2.34. The number of ether oxygens (including phenoxy) is 3. The van der Waals surface area contributed by atoms with Crippen LogP contribution in [0.5, 0.6) is 0 Å². The molecule has 3 heteroatoms. The van der Waals surface area contributed by atoms with Crippen LogP contribution in [-0.2, 0) is 14.2 Å². The van der Waals surface area contributed by atoms with Gasteiger partial charge in [-0.25, -0.2) is 0 Å². The minimum absolute atomic E-state index is 0.0870. The Balaban J connectivity index is 2.90. The summed E-state index contributed by atoms with van der Waals surface area (Å²) in [6, 6.07) is 0. The van der Waals surface area contributed by atoms with Gasteiger partial charge in [0, 0.05) is 20.1 Å². The molecular formula is C11H18O3. The lowest BCUT2D eigenvalue weighted by Gasteiger charge is -2.25. The molecule has 1 heterocycles. The average molecular weight is 198 g/mol. The van der Waals surface area contributed by atoms with Crippen molar-refractivity contribution in [2.75, 3.05) is 14.2 Å². The monoisotopic (exact) mass is 198 g/mol. The predicted molar refractivity (Wildman–Crippen MR) is 53.7 cm³/mol. The number of rotatable bonds is 3. The van der Waals surface area contributed by atoms with Crippen molar-refractivity contribution in [1.29, 1.82) is 0 Å². The van der Waals surface area contributed by atoms with E-state index in [1.807, 2.05) is 13.8 Å². The molecule has 0 N–H and O–H groups in total. The van der Waals surface area contributed by atoms with E-state index in [1.165, 1.54) is 0 Å². The SMILES string of the molecule is C#CC1(CC)OC(OC)[C@@H](OC)[C@H]1C. The van der Waals surface area contributed by atoms with Gasteiger partial charge in [0.15, 0.2) is 6.29 Å². The van der Waals surface area contributed by atoms with Crippen LogP contribution >= 0.6 is 0 Å². The zero-order chi connectivity index (χ0) is 10.8. The molecule has 0 bridgehead atoms. The minimum Gasteiger partial charge on any atom is -0.376 e. The lowest BCUT2D eigenvalue weighted by molar-refractivity contribution is -0.168. The third-order valence-electron chi connectivity index (χ3n) is 3.10. The number of methoxy groups -OCH3 is 2. The molecule has 3 nitrogen and oxygen atoms in total. The van der Waals surface area contributed by atoms with Crippen LogP contribution in [0.25, 0.3) is 0 Å². The Morgan fingerprint density at radius 1 is 1.43 bits per heavy atom. The highest BCUT2D eigenvalue weighted by Crippen LogP contribution is 2.39. The molecule has 4 atom stereocenters. The van der Waals surface area contributed by atoms with Crippen LogP contribution in [0.4, 0.5) is 0 Å². The quantitative estimate of drug-likeness (QED) is 0.642. The first-order chi connectivity index (χ1) is 6.65. The van der Waals surface area contributed by atoms with Crippen molar-refractivity contribution in [2.24, 2.45) is 5.92 Å². The fourth-order valence-electron chi connectivity index (χ4n) is 2.05. The van der Waals surface area contributed by atoms with Crippen molar-refractivity contribution in [3.63, 3.8) is 0 Å². The Hall–Kier alpha value is -0.560. The molecule has 2 unspecified atom stereocenters. The van der Waals surface area contributed by atoms with E-state index < -0.39 is 5.60 Å². The van der Waals surface area contributed by atoms with E-state index in [4.69, 9.17) is 20.6 Å². The topological polar surface area (TPSA) is 27.7 Å². The summed E-state index contributed by atoms with van der Waals surface area (Å²) < 4.78 is 16.3. The third kappa shape index (κ3) is 1.54. The maximum atomic E-state index is 5.73. The van der Waals surface area contributed by atoms with Crippen LogP contribution in [0.3, 0.4) is 0 Å². The van der Waals surface area contributed by atoms with Gasteiger partial charge in [-0.3, -0.25) is 0 Å². The summed E-state index contributed by atoms with van der Waals surface area (Å²) in [4.78, 5) is 0. The summed E-state index contributed by atoms with van der Waals surface area (Å²) in [7, 11) is 3.25. The fraction of sp³-hybridized carbons (Fsp3) is 0.818. The predicted octanol–water partition coefficient (Wildman–Crippen LogP) is 1.42. The molecule has 0 aromatic rings. The molecule has 0 radical (unpaired) electrons. The number of hydrogen-bond acceptors (Lipinski definition) is 3. The van der Waals surface area contributed by atoms with E-state index in [2.05, 4.69) is 5.92 Å². The molecule has 0 saturated carbocycles. The molecule has 0 aliphatic carbocycles. The summed E-state index contributed by atoms with van der Waals surface area (Å²) in [5.74, 6) is 2.87. The normalized spacial score (nSPS) is 42.4. The Labute approximate surface area is 85.7 Å². The maximum Gasteiger partial charge on any atom is 0.185 e. The van der Waals surface area contributed by atoms with Crippen molar-refractivity contribution in [2.45, 2.75) is 38.3 Å². The summed E-state index contributed by atoms with van der Waals surface area (Å²) in [6.45, 7) is 4.05. The molecule has 1 rings (SSSR count). The second-order valence-electron chi connectivity index (χ2n) is 3.60. The highest BCUT2D eigenvalue weighted by atomic mass is 16.7. The van der Waals surface area contributed by atoms with Crippen LogP contribution in [0, 0.1) is 18.3 Å². The van der Waals surface area contributed by atoms with Gasteiger partial charge in [-0.1, -0.05) is 19.8 Å². The van der Waals surface area contributed by atoms with E-state index in [0.717, 1.165) is 6.42 Å². The zero-order valence-corrected chi connectivity index (χ0v) is 9.24. The summed E-state index contributed by atoms with van der Waals surface area (Å²) >= 11 is 0. The Kier molecular flexibility index (Phi) is 3.54. The Morgan fingerprint density at radius 2 is 2.07 bits per heavy atom. The van der Waals surface area contributed by atoms with Gasteiger partial charge in [-0.2, -0.15) is 0 Å². The van der Waals surface area contributed by atoms with Crippen LogP contribution in [0.2, 0.25) is 0 Å². The van der Waals surface area contributed by atoms with Gasteiger partial charge in [0.1, 0.15) is 11.7 Å². The molecular weight excluding hydrogens is 180 g/mol. The van der Waals surface area contributed by atoms with Gasteiger partial charge >= 0.3 is 0 Å². The van der Waals surface area contributed by atoms with E-state index in [9.17, 15) is 0 Å². The number of terminal acetylenes is 1. The van der Waals surface area contributed by atoms with E-state index in [0.29, 0.717) is 0 Å². The molecule has 1 aliphatic rings. The highest BCUT2D eigenvalue weighted by molar-refractivity contribution is 5.15. The molecule has 1 saturated heterocycles. The van der Waals surface area contributed by atoms with E-state index in [1.54, 1.807) is 14.2 Å². The standard InChI is InChI=1S/C11H18O3/c1-6-11(7-2)8(3)9(12-4)10(13-5)14-11/h1,8-10H,7H2,2-5H3/t8-,9+,10?,11?/m1/s1. The molecule has 0 amide bonds. The largest absolute Gasteiger partial charge is 0.376 e. The zero-order valence-electron chi connectivity index (χ0n) is 9.24. The van der Waals surface area contributed by atoms with Crippen LogP contribution in [0.1, 0.15) is 20.3 Å².